The third-order valence-corrected chi connectivity index (χ3v) is 4.28. The number of carbonyl (C=O) groups excluding carboxylic acids is 1. The number of amides is 1. The van der Waals surface area contributed by atoms with Gasteiger partial charge in [-0.15, -0.1) is 11.3 Å². The van der Waals surface area contributed by atoms with Crippen molar-refractivity contribution in [2.24, 2.45) is 0 Å². The highest BCUT2D eigenvalue weighted by atomic mass is 32.1. The molecule has 0 aromatic carbocycles. The van der Waals surface area contributed by atoms with Crippen LogP contribution in [0.1, 0.15) is 32.9 Å². The van der Waals surface area contributed by atoms with Crippen LogP contribution in [-0.4, -0.2) is 45.5 Å². The number of hydrogen-bond donors (Lipinski definition) is 1. The van der Waals surface area contributed by atoms with Crippen LogP contribution in [0.25, 0.3) is 0 Å². The Morgan fingerprint density at radius 1 is 1.50 bits per heavy atom. The smallest absolute Gasteiger partial charge is 0.266 e. The van der Waals surface area contributed by atoms with E-state index >= 15 is 0 Å². The molecule has 1 saturated heterocycles. The molecule has 1 atom stereocenters. The molecule has 1 amide bonds. The van der Waals surface area contributed by atoms with Crippen molar-refractivity contribution in [3.05, 3.63) is 33.8 Å². The van der Waals surface area contributed by atoms with Gasteiger partial charge in [-0.2, -0.15) is 0 Å². The van der Waals surface area contributed by atoms with E-state index in [1.165, 1.54) is 11.3 Å². The monoisotopic (exact) mass is 292 g/mol. The van der Waals surface area contributed by atoms with Gasteiger partial charge in [-0.1, -0.05) is 0 Å². The van der Waals surface area contributed by atoms with Crippen LogP contribution in [0.3, 0.4) is 0 Å². The number of hydrogen-bond acceptors (Lipinski definition) is 5. The van der Waals surface area contributed by atoms with Crippen molar-refractivity contribution in [1.82, 2.24) is 19.9 Å². The van der Waals surface area contributed by atoms with Gasteiger partial charge in [-0.3, -0.25) is 4.79 Å². The Kier molecular flexibility index (Phi) is 3.54. The summed E-state index contributed by atoms with van der Waals surface area (Å²) < 4.78 is 5.51. The maximum absolute atomic E-state index is 12.7. The number of aromatic nitrogens is 3. The average Bonchev–Trinajstić information content (AvgIpc) is 3.07. The number of rotatable bonds is 2. The van der Waals surface area contributed by atoms with E-state index in [0.29, 0.717) is 24.6 Å². The summed E-state index contributed by atoms with van der Waals surface area (Å²) in [7, 11) is 0. The molecule has 20 heavy (non-hydrogen) atoms. The molecule has 0 bridgehead atoms. The summed E-state index contributed by atoms with van der Waals surface area (Å²) in [5, 5.41) is 0. The van der Waals surface area contributed by atoms with Gasteiger partial charge in [0.1, 0.15) is 16.7 Å². The summed E-state index contributed by atoms with van der Waals surface area (Å²) in [5.74, 6) is 0.782. The molecule has 0 spiro atoms. The van der Waals surface area contributed by atoms with E-state index in [9.17, 15) is 4.79 Å². The summed E-state index contributed by atoms with van der Waals surface area (Å²) in [4.78, 5) is 26.9. The SMILES string of the molecule is Cc1cnc(C2COCCN2C(=O)c2scnc2C)[nH]1. The Hall–Kier alpha value is -1.73. The zero-order chi connectivity index (χ0) is 14.1. The molecule has 2 aromatic heterocycles. The topological polar surface area (TPSA) is 71.1 Å². The molecule has 1 N–H and O–H groups in total. The Balaban J connectivity index is 1.89. The van der Waals surface area contributed by atoms with E-state index < -0.39 is 0 Å². The second kappa shape index (κ2) is 5.34. The molecule has 3 heterocycles. The summed E-state index contributed by atoms with van der Waals surface area (Å²) in [6, 6.07) is -0.161. The lowest BCUT2D eigenvalue weighted by molar-refractivity contribution is -0.00480. The van der Waals surface area contributed by atoms with E-state index in [1.807, 2.05) is 18.7 Å². The number of thiazole rings is 1. The molecule has 1 aliphatic rings. The standard InChI is InChI=1S/C13H16N4O2S/c1-8-5-14-12(16-8)10-6-19-4-3-17(10)13(18)11-9(2)15-7-20-11/h5,7,10H,3-4,6H2,1-2H3,(H,14,16). The van der Waals surface area contributed by atoms with Crippen molar-refractivity contribution in [2.45, 2.75) is 19.9 Å². The zero-order valence-electron chi connectivity index (χ0n) is 11.4. The number of H-pyrrole nitrogens is 1. The minimum Gasteiger partial charge on any atom is -0.377 e. The van der Waals surface area contributed by atoms with Crippen molar-refractivity contribution >= 4 is 17.2 Å². The zero-order valence-corrected chi connectivity index (χ0v) is 12.2. The Bertz CT molecular complexity index is 621. The molecule has 106 valence electrons. The van der Waals surface area contributed by atoms with Crippen molar-refractivity contribution in [3.8, 4) is 0 Å². The molecular weight excluding hydrogens is 276 g/mol. The predicted octanol–water partition coefficient (Wildman–Crippen LogP) is 1.70. The fourth-order valence-electron chi connectivity index (χ4n) is 2.31. The van der Waals surface area contributed by atoms with Crippen LogP contribution in [0.4, 0.5) is 0 Å². The molecule has 7 heteroatoms. The van der Waals surface area contributed by atoms with Gasteiger partial charge in [0.05, 0.1) is 24.4 Å². The summed E-state index contributed by atoms with van der Waals surface area (Å²) in [6.07, 6.45) is 1.77. The van der Waals surface area contributed by atoms with Crippen molar-refractivity contribution in [2.75, 3.05) is 19.8 Å². The summed E-state index contributed by atoms with van der Waals surface area (Å²) in [6.45, 7) is 5.40. The third-order valence-electron chi connectivity index (χ3n) is 3.37. The first-order valence-electron chi connectivity index (χ1n) is 6.47. The molecule has 6 nitrogen and oxygen atoms in total. The molecule has 1 fully saturated rings. The van der Waals surface area contributed by atoms with E-state index in [-0.39, 0.29) is 11.9 Å². The summed E-state index contributed by atoms with van der Waals surface area (Å²) in [5.41, 5.74) is 3.46. The fourth-order valence-corrected chi connectivity index (χ4v) is 3.07. The first-order chi connectivity index (χ1) is 9.66. The van der Waals surface area contributed by atoms with E-state index in [1.54, 1.807) is 11.7 Å². The van der Waals surface area contributed by atoms with Crippen LogP contribution in [0.2, 0.25) is 0 Å². The molecule has 0 saturated carbocycles. The highest BCUT2D eigenvalue weighted by Gasteiger charge is 2.32. The maximum atomic E-state index is 12.7. The van der Waals surface area contributed by atoms with Crippen LogP contribution in [0.5, 0.6) is 0 Å². The van der Waals surface area contributed by atoms with Crippen molar-refractivity contribution in [1.29, 1.82) is 0 Å². The highest BCUT2D eigenvalue weighted by molar-refractivity contribution is 7.11. The van der Waals surface area contributed by atoms with Crippen LogP contribution < -0.4 is 0 Å². The van der Waals surface area contributed by atoms with Crippen LogP contribution in [0, 0.1) is 13.8 Å². The Morgan fingerprint density at radius 3 is 3.00 bits per heavy atom. The van der Waals surface area contributed by atoms with E-state index in [4.69, 9.17) is 4.74 Å². The number of imidazole rings is 1. The van der Waals surface area contributed by atoms with Crippen molar-refractivity contribution in [3.63, 3.8) is 0 Å². The average molecular weight is 292 g/mol. The predicted molar refractivity (Wildman–Crippen MR) is 74.8 cm³/mol. The van der Waals surface area contributed by atoms with Gasteiger partial charge < -0.3 is 14.6 Å². The summed E-state index contributed by atoms with van der Waals surface area (Å²) >= 11 is 1.38. The second-order valence-corrected chi connectivity index (χ2v) is 5.66. The largest absolute Gasteiger partial charge is 0.377 e. The van der Waals surface area contributed by atoms with Gasteiger partial charge in [0.15, 0.2) is 0 Å². The quantitative estimate of drug-likeness (QED) is 0.914. The number of nitrogens with one attached hydrogen (secondary N) is 1. The number of ether oxygens (including phenoxy) is 1. The number of aryl methyl sites for hydroxylation is 2. The Labute approximate surface area is 120 Å². The first kappa shape index (κ1) is 13.3. The molecule has 0 radical (unpaired) electrons. The lowest BCUT2D eigenvalue weighted by atomic mass is 10.2. The molecule has 1 unspecified atom stereocenters. The lowest BCUT2D eigenvalue weighted by Crippen LogP contribution is -2.43. The number of carbonyl (C=O) groups is 1. The van der Waals surface area contributed by atoms with Crippen LogP contribution >= 0.6 is 11.3 Å². The highest BCUT2D eigenvalue weighted by Crippen LogP contribution is 2.26. The Morgan fingerprint density at radius 2 is 2.35 bits per heavy atom. The minimum absolute atomic E-state index is 0.00681. The van der Waals surface area contributed by atoms with Gasteiger partial charge in [0.2, 0.25) is 0 Å². The van der Waals surface area contributed by atoms with Crippen LogP contribution in [0.15, 0.2) is 11.7 Å². The van der Waals surface area contributed by atoms with Crippen LogP contribution in [-0.2, 0) is 4.74 Å². The molecule has 0 aliphatic carbocycles. The lowest BCUT2D eigenvalue weighted by Gasteiger charge is -2.34. The fraction of sp³-hybridized carbons (Fsp3) is 0.462. The second-order valence-electron chi connectivity index (χ2n) is 4.81. The number of nitrogens with zero attached hydrogens (tertiary/aromatic N) is 3. The maximum Gasteiger partial charge on any atom is 0.266 e. The van der Waals surface area contributed by atoms with E-state index in [2.05, 4.69) is 15.0 Å². The third kappa shape index (κ3) is 2.34. The molecule has 3 rings (SSSR count). The number of aromatic amines is 1. The van der Waals surface area contributed by atoms with E-state index in [0.717, 1.165) is 17.2 Å². The van der Waals surface area contributed by atoms with Gasteiger partial charge in [-0.05, 0) is 13.8 Å². The van der Waals surface area contributed by atoms with Gasteiger partial charge >= 0.3 is 0 Å². The van der Waals surface area contributed by atoms with Gasteiger partial charge in [-0.25, -0.2) is 9.97 Å². The van der Waals surface area contributed by atoms with Gasteiger partial charge in [0.25, 0.3) is 5.91 Å². The number of morpholine rings is 1. The normalized spacial score (nSPS) is 19.3. The first-order valence-corrected chi connectivity index (χ1v) is 7.35. The molecule has 2 aromatic rings. The molecule has 1 aliphatic heterocycles. The van der Waals surface area contributed by atoms with Gasteiger partial charge in [0, 0.05) is 18.4 Å². The van der Waals surface area contributed by atoms with Crippen molar-refractivity contribution < 1.29 is 9.53 Å². The minimum atomic E-state index is -0.161. The molecular formula is C13H16N4O2S.